The van der Waals surface area contributed by atoms with Crippen LogP contribution in [0.25, 0.3) is 0 Å². The highest BCUT2D eigenvalue weighted by Gasteiger charge is 2.17. The van der Waals surface area contributed by atoms with Crippen molar-refractivity contribution in [2.75, 3.05) is 5.75 Å². The van der Waals surface area contributed by atoms with E-state index in [1.54, 1.807) is 4.68 Å². The first-order chi connectivity index (χ1) is 9.61. The lowest BCUT2D eigenvalue weighted by molar-refractivity contribution is 0.555. The zero-order valence-electron chi connectivity index (χ0n) is 11.4. The van der Waals surface area contributed by atoms with Crippen molar-refractivity contribution in [3.8, 4) is 0 Å². The summed E-state index contributed by atoms with van der Waals surface area (Å²) in [6.07, 6.45) is 1.38. The molecule has 0 bridgehead atoms. The Morgan fingerprint density at radius 3 is 2.65 bits per heavy atom. The molecule has 6 nitrogen and oxygen atoms in total. The maximum Gasteiger partial charge on any atom is 0.166 e. The molecule has 0 atom stereocenters. The molecule has 0 saturated carbocycles. The van der Waals surface area contributed by atoms with Crippen molar-refractivity contribution in [3.05, 3.63) is 41.7 Å². The second kappa shape index (κ2) is 6.60. The van der Waals surface area contributed by atoms with Crippen molar-refractivity contribution >= 4 is 9.84 Å². The molecule has 0 spiro atoms. The number of aromatic nitrogens is 4. The Balaban J connectivity index is 1.98. The summed E-state index contributed by atoms with van der Waals surface area (Å²) in [5.74, 6) is 0.419. The third-order valence-electron chi connectivity index (χ3n) is 2.94. The lowest BCUT2D eigenvalue weighted by Gasteiger charge is -2.05. The zero-order valence-corrected chi connectivity index (χ0v) is 12.3. The fraction of sp³-hybridized carbons (Fsp3) is 0.462. The molecule has 0 N–H and O–H groups in total. The van der Waals surface area contributed by atoms with Crippen LogP contribution in [0.2, 0.25) is 0 Å². The van der Waals surface area contributed by atoms with Gasteiger partial charge in [0.05, 0.1) is 5.75 Å². The van der Waals surface area contributed by atoms with Crippen molar-refractivity contribution in [2.24, 2.45) is 0 Å². The van der Waals surface area contributed by atoms with Crippen molar-refractivity contribution in [1.29, 1.82) is 0 Å². The molecule has 1 heterocycles. The highest BCUT2D eigenvalue weighted by atomic mass is 32.2. The largest absolute Gasteiger partial charge is 0.229 e. The van der Waals surface area contributed by atoms with Crippen molar-refractivity contribution in [2.45, 2.75) is 32.1 Å². The summed E-state index contributed by atoms with van der Waals surface area (Å²) >= 11 is 0. The monoisotopic (exact) mass is 294 g/mol. The van der Waals surface area contributed by atoms with E-state index in [9.17, 15) is 8.42 Å². The Hall–Kier alpha value is -1.76. The number of hydrogen-bond donors (Lipinski definition) is 0. The average Bonchev–Trinajstić information content (AvgIpc) is 2.85. The Bertz CT molecular complexity index is 637. The molecule has 0 aliphatic carbocycles. The van der Waals surface area contributed by atoms with Crippen molar-refractivity contribution in [1.82, 2.24) is 20.2 Å². The highest BCUT2D eigenvalue weighted by molar-refractivity contribution is 7.90. The number of tetrazole rings is 1. The molecular formula is C13H18N4O2S. The van der Waals surface area contributed by atoms with Gasteiger partial charge in [0.15, 0.2) is 15.7 Å². The predicted octanol–water partition coefficient (Wildman–Crippen LogP) is 1.24. The molecule has 2 rings (SSSR count). The maximum atomic E-state index is 12.1. The summed E-state index contributed by atoms with van der Waals surface area (Å²) in [7, 11) is -3.21. The van der Waals surface area contributed by atoms with E-state index in [0.717, 1.165) is 12.0 Å². The summed E-state index contributed by atoms with van der Waals surface area (Å²) in [6, 6.07) is 9.58. The van der Waals surface area contributed by atoms with Gasteiger partial charge in [0, 0.05) is 6.54 Å². The SMILES string of the molecule is CCCn1nnnc1CS(=O)(=O)CCc1ccccc1. The summed E-state index contributed by atoms with van der Waals surface area (Å²) in [5, 5.41) is 11.1. The van der Waals surface area contributed by atoms with Gasteiger partial charge in [-0.1, -0.05) is 37.3 Å². The highest BCUT2D eigenvalue weighted by Crippen LogP contribution is 2.07. The summed E-state index contributed by atoms with van der Waals surface area (Å²) in [5.41, 5.74) is 1.02. The van der Waals surface area contributed by atoms with Crippen LogP contribution < -0.4 is 0 Å². The fourth-order valence-electron chi connectivity index (χ4n) is 1.90. The minimum absolute atomic E-state index is 0.104. The van der Waals surface area contributed by atoms with Gasteiger partial charge >= 0.3 is 0 Å². The summed E-state index contributed by atoms with van der Waals surface area (Å²) in [6.45, 7) is 2.63. The smallest absolute Gasteiger partial charge is 0.166 e. The van der Waals surface area contributed by atoms with Gasteiger partial charge in [0.2, 0.25) is 0 Å². The number of rotatable bonds is 7. The first kappa shape index (κ1) is 14.6. The molecule has 108 valence electrons. The van der Waals surface area contributed by atoms with Gasteiger partial charge in [0.1, 0.15) is 5.75 Å². The first-order valence-corrected chi connectivity index (χ1v) is 8.42. The van der Waals surface area contributed by atoms with Crippen LogP contribution in [0.15, 0.2) is 30.3 Å². The molecule has 0 unspecified atom stereocenters. The molecule has 1 aromatic carbocycles. The van der Waals surface area contributed by atoms with Crippen LogP contribution in [0.3, 0.4) is 0 Å². The Labute approximate surface area is 118 Å². The molecule has 2 aromatic rings. The van der Waals surface area contributed by atoms with E-state index in [1.807, 2.05) is 37.3 Å². The van der Waals surface area contributed by atoms with Gasteiger partial charge in [0.25, 0.3) is 0 Å². The van der Waals surface area contributed by atoms with Gasteiger partial charge in [-0.05, 0) is 28.8 Å². The van der Waals surface area contributed by atoms with Crippen LogP contribution in [0, 0.1) is 0 Å². The summed E-state index contributed by atoms with van der Waals surface area (Å²) in [4.78, 5) is 0. The van der Waals surface area contributed by atoms with Gasteiger partial charge in [-0.3, -0.25) is 0 Å². The minimum Gasteiger partial charge on any atom is -0.229 e. The third kappa shape index (κ3) is 4.12. The molecule has 1 aromatic heterocycles. The van der Waals surface area contributed by atoms with E-state index < -0.39 is 9.84 Å². The quantitative estimate of drug-likeness (QED) is 0.767. The van der Waals surface area contributed by atoms with Crippen LogP contribution in [-0.4, -0.2) is 34.4 Å². The third-order valence-corrected chi connectivity index (χ3v) is 4.46. The van der Waals surface area contributed by atoms with E-state index in [2.05, 4.69) is 15.5 Å². The molecule has 0 radical (unpaired) electrons. The molecule has 20 heavy (non-hydrogen) atoms. The van der Waals surface area contributed by atoms with E-state index in [1.165, 1.54) is 0 Å². The van der Waals surface area contributed by atoms with E-state index in [4.69, 9.17) is 0 Å². The number of nitrogens with zero attached hydrogens (tertiary/aromatic N) is 4. The number of sulfone groups is 1. The lowest BCUT2D eigenvalue weighted by atomic mass is 10.2. The number of hydrogen-bond acceptors (Lipinski definition) is 5. The molecule has 0 aliphatic heterocycles. The van der Waals surface area contributed by atoms with Gasteiger partial charge in [-0.15, -0.1) is 5.10 Å². The maximum absolute atomic E-state index is 12.1. The molecule has 0 saturated heterocycles. The predicted molar refractivity (Wildman–Crippen MR) is 75.7 cm³/mol. The molecular weight excluding hydrogens is 276 g/mol. The van der Waals surface area contributed by atoms with Crippen LogP contribution >= 0.6 is 0 Å². The first-order valence-electron chi connectivity index (χ1n) is 6.60. The normalized spacial score (nSPS) is 11.7. The van der Waals surface area contributed by atoms with E-state index >= 15 is 0 Å². The summed E-state index contributed by atoms with van der Waals surface area (Å²) < 4.78 is 25.8. The van der Waals surface area contributed by atoms with Crippen LogP contribution in [-0.2, 0) is 28.6 Å². The van der Waals surface area contributed by atoms with Crippen molar-refractivity contribution in [3.63, 3.8) is 0 Å². The van der Waals surface area contributed by atoms with E-state index in [0.29, 0.717) is 18.8 Å². The van der Waals surface area contributed by atoms with E-state index in [-0.39, 0.29) is 11.5 Å². The second-order valence-corrected chi connectivity index (χ2v) is 6.83. The minimum atomic E-state index is -3.21. The van der Waals surface area contributed by atoms with Crippen LogP contribution in [0.1, 0.15) is 24.7 Å². The lowest BCUT2D eigenvalue weighted by Crippen LogP contribution is -2.15. The Morgan fingerprint density at radius 2 is 1.95 bits per heavy atom. The average molecular weight is 294 g/mol. The standard InChI is InChI=1S/C13H18N4O2S/c1-2-9-17-13(14-15-16-17)11-20(18,19)10-8-12-6-4-3-5-7-12/h3-7H,2,8-11H2,1H3. The molecule has 7 heteroatoms. The molecule has 0 fully saturated rings. The number of benzene rings is 1. The topological polar surface area (TPSA) is 77.7 Å². The molecule has 0 aliphatic rings. The van der Waals surface area contributed by atoms with Gasteiger partial charge < -0.3 is 0 Å². The van der Waals surface area contributed by atoms with Gasteiger partial charge in [-0.2, -0.15) is 0 Å². The van der Waals surface area contributed by atoms with Crippen molar-refractivity contribution < 1.29 is 8.42 Å². The number of aryl methyl sites for hydroxylation is 2. The fourth-order valence-corrected chi connectivity index (χ4v) is 3.19. The second-order valence-electron chi connectivity index (χ2n) is 4.65. The van der Waals surface area contributed by atoms with Crippen LogP contribution in [0.4, 0.5) is 0 Å². The molecule has 0 amide bonds. The van der Waals surface area contributed by atoms with Crippen LogP contribution in [0.5, 0.6) is 0 Å². The van der Waals surface area contributed by atoms with Gasteiger partial charge in [-0.25, -0.2) is 13.1 Å². The Morgan fingerprint density at radius 1 is 1.20 bits per heavy atom. The zero-order chi connectivity index (χ0) is 14.4. The Kier molecular flexibility index (Phi) is 4.84.